The third kappa shape index (κ3) is 2.77. The molecule has 25 heavy (non-hydrogen) atoms. The monoisotopic (exact) mass is 342 g/mol. The van der Waals surface area contributed by atoms with Crippen LogP contribution >= 0.6 is 0 Å². The molecule has 0 spiro atoms. The van der Waals surface area contributed by atoms with Crippen LogP contribution in [-0.4, -0.2) is 58.9 Å². The molecule has 9 nitrogen and oxygen atoms in total. The van der Waals surface area contributed by atoms with E-state index in [0.717, 1.165) is 0 Å². The van der Waals surface area contributed by atoms with E-state index in [1.807, 2.05) is 4.90 Å². The Morgan fingerprint density at radius 1 is 1.28 bits per heavy atom. The predicted molar refractivity (Wildman–Crippen MR) is 90.6 cm³/mol. The maximum absolute atomic E-state index is 12.3. The molecule has 9 heteroatoms. The molecule has 1 saturated heterocycles. The van der Waals surface area contributed by atoms with Crippen molar-refractivity contribution in [1.29, 1.82) is 0 Å². The zero-order valence-corrected chi connectivity index (χ0v) is 13.7. The van der Waals surface area contributed by atoms with Gasteiger partial charge in [-0.15, -0.1) is 0 Å². The summed E-state index contributed by atoms with van der Waals surface area (Å²) < 4.78 is 5.18. The van der Waals surface area contributed by atoms with E-state index in [0.29, 0.717) is 49.3 Å². The highest BCUT2D eigenvalue weighted by Gasteiger charge is 2.30. The van der Waals surface area contributed by atoms with E-state index in [1.54, 1.807) is 24.0 Å². The van der Waals surface area contributed by atoms with Crippen molar-refractivity contribution in [3.05, 3.63) is 30.5 Å². The van der Waals surface area contributed by atoms with Crippen molar-refractivity contribution in [3.8, 4) is 0 Å². The lowest BCUT2D eigenvalue weighted by Crippen LogP contribution is -2.49. The van der Waals surface area contributed by atoms with Crippen LogP contribution < -0.4 is 15.5 Å². The first-order chi connectivity index (χ1) is 12.1. The zero-order chi connectivity index (χ0) is 17.4. The maximum Gasteiger partial charge on any atom is 0.289 e. The highest BCUT2D eigenvalue weighted by Crippen LogP contribution is 2.33. The number of nitrogens with one attached hydrogen (secondary N) is 2. The van der Waals surface area contributed by atoms with Crippen LogP contribution in [0.25, 0.3) is 0 Å². The Balaban J connectivity index is 1.49. The fourth-order valence-electron chi connectivity index (χ4n) is 3.02. The SMILES string of the molecule is CC1Nc2ncnc(N3CCN(C(=O)c4ccco4)CC3)c2NC1=O. The van der Waals surface area contributed by atoms with E-state index in [2.05, 4.69) is 20.6 Å². The van der Waals surface area contributed by atoms with Crippen molar-refractivity contribution in [2.45, 2.75) is 13.0 Å². The number of carbonyl (C=O) groups excluding carboxylic acids is 2. The lowest BCUT2D eigenvalue weighted by Gasteiger charge is -2.36. The van der Waals surface area contributed by atoms with Gasteiger partial charge in [-0.1, -0.05) is 0 Å². The summed E-state index contributed by atoms with van der Waals surface area (Å²) >= 11 is 0. The molecule has 2 aromatic heterocycles. The van der Waals surface area contributed by atoms with E-state index in [1.165, 1.54) is 12.6 Å². The predicted octanol–water partition coefficient (Wildman–Crippen LogP) is 0.784. The lowest BCUT2D eigenvalue weighted by atomic mass is 10.2. The topological polar surface area (TPSA) is 104 Å². The summed E-state index contributed by atoms with van der Waals surface area (Å²) in [7, 11) is 0. The van der Waals surface area contributed by atoms with Gasteiger partial charge >= 0.3 is 0 Å². The number of aromatic nitrogens is 2. The van der Waals surface area contributed by atoms with E-state index in [9.17, 15) is 9.59 Å². The first kappa shape index (κ1) is 15.4. The average molecular weight is 342 g/mol. The van der Waals surface area contributed by atoms with Crippen molar-refractivity contribution < 1.29 is 14.0 Å². The van der Waals surface area contributed by atoms with Crippen LogP contribution in [0.3, 0.4) is 0 Å². The molecule has 4 rings (SSSR count). The molecule has 1 unspecified atom stereocenters. The molecule has 2 aliphatic rings. The van der Waals surface area contributed by atoms with Gasteiger partial charge in [0.15, 0.2) is 17.4 Å². The smallest absolute Gasteiger partial charge is 0.289 e. The summed E-state index contributed by atoms with van der Waals surface area (Å²) in [6, 6.07) is 3.03. The highest BCUT2D eigenvalue weighted by atomic mass is 16.3. The molecule has 130 valence electrons. The second-order valence-corrected chi connectivity index (χ2v) is 6.03. The normalized spacial score (nSPS) is 19.9. The van der Waals surface area contributed by atoms with Crippen LogP contribution in [0.1, 0.15) is 17.5 Å². The van der Waals surface area contributed by atoms with Crippen molar-refractivity contribution in [3.63, 3.8) is 0 Å². The molecule has 2 N–H and O–H groups in total. The fraction of sp³-hybridized carbons (Fsp3) is 0.375. The molecule has 0 radical (unpaired) electrons. The molecule has 2 aliphatic heterocycles. The van der Waals surface area contributed by atoms with Crippen LogP contribution in [0.2, 0.25) is 0 Å². The van der Waals surface area contributed by atoms with Crippen LogP contribution in [0.5, 0.6) is 0 Å². The number of nitrogens with zero attached hydrogens (tertiary/aromatic N) is 4. The Morgan fingerprint density at radius 3 is 2.80 bits per heavy atom. The van der Waals surface area contributed by atoms with Gasteiger partial charge in [-0.2, -0.15) is 0 Å². The number of rotatable bonds is 2. The van der Waals surface area contributed by atoms with Gasteiger partial charge in [0, 0.05) is 26.2 Å². The summed E-state index contributed by atoms with van der Waals surface area (Å²) in [5.74, 6) is 1.40. The number of amides is 2. The van der Waals surface area contributed by atoms with Gasteiger partial charge in [-0.3, -0.25) is 9.59 Å². The zero-order valence-electron chi connectivity index (χ0n) is 13.7. The molecule has 1 fully saturated rings. The quantitative estimate of drug-likeness (QED) is 0.831. The maximum atomic E-state index is 12.3. The Hall–Kier alpha value is -3.10. The van der Waals surface area contributed by atoms with Crippen LogP contribution in [0, 0.1) is 0 Å². The highest BCUT2D eigenvalue weighted by molar-refractivity contribution is 6.04. The summed E-state index contributed by atoms with van der Waals surface area (Å²) in [6.45, 7) is 4.11. The van der Waals surface area contributed by atoms with Gasteiger partial charge in [-0.05, 0) is 19.1 Å². The largest absolute Gasteiger partial charge is 0.459 e. The average Bonchev–Trinajstić information content (AvgIpc) is 3.16. The number of carbonyl (C=O) groups is 2. The number of hydrogen-bond donors (Lipinski definition) is 2. The Labute approximate surface area is 144 Å². The Morgan fingerprint density at radius 2 is 2.08 bits per heavy atom. The molecular formula is C16H18N6O3. The molecule has 0 saturated carbocycles. The second-order valence-electron chi connectivity index (χ2n) is 6.03. The minimum Gasteiger partial charge on any atom is -0.459 e. The number of fused-ring (bicyclic) bond motifs is 1. The molecule has 2 aromatic rings. The van der Waals surface area contributed by atoms with Gasteiger partial charge in [0.25, 0.3) is 5.91 Å². The summed E-state index contributed by atoms with van der Waals surface area (Å²) in [6.07, 6.45) is 2.97. The van der Waals surface area contributed by atoms with Crippen molar-refractivity contribution in [2.75, 3.05) is 41.7 Å². The molecule has 1 atom stereocenters. The lowest BCUT2D eigenvalue weighted by molar-refractivity contribution is -0.116. The van der Waals surface area contributed by atoms with Crippen LogP contribution in [-0.2, 0) is 4.79 Å². The van der Waals surface area contributed by atoms with Gasteiger partial charge in [0.2, 0.25) is 5.91 Å². The molecule has 4 heterocycles. The van der Waals surface area contributed by atoms with Gasteiger partial charge < -0.3 is 24.9 Å². The molecule has 0 bridgehead atoms. The molecular weight excluding hydrogens is 324 g/mol. The fourth-order valence-corrected chi connectivity index (χ4v) is 3.02. The standard InChI is InChI=1S/C16H18N6O3/c1-10-15(23)20-12-13(19-10)17-9-18-14(12)21-4-6-22(7-5-21)16(24)11-3-2-8-25-11/h2-3,8-10H,4-7H2,1H3,(H,20,23)(H,17,18,19). The van der Waals surface area contributed by atoms with Crippen LogP contribution in [0.15, 0.2) is 29.1 Å². The third-order valence-electron chi connectivity index (χ3n) is 4.42. The minimum atomic E-state index is -0.335. The first-order valence-electron chi connectivity index (χ1n) is 8.13. The van der Waals surface area contributed by atoms with Gasteiger partial charge in [0.1, 0.15) is 18.1 Å². The number of furan rings is 1. The summed E-state index contributed by atoms with van der Waals surface area (Å²) in [5.41, 5.74) is 0.594. The molecule has 2 amide bonds. The van der Waals surface area contributed by atoms with E-state index in [-0.39, 0.29) is 17.9 Å². The van der Waals surface area contributed by atoms with Gasteiger partial charge in [-0.25, -0.2) is 9.97 Å². The molecule has 0 aliphatic carbocycles. The summed E-state index contributed by atoms with van der Waals surface area (Å²) in [4.78, 5) is 36.6. The number of hydrogen-bond acceptors (Lipinski definition) is 7. The summed E-state index contributed by atoms with van der Waals surface area (Å²) in [5, 5.41) is 5.94. The minimum absolute atomic E-state index is 0.113. The van der Waals surface area contributed by atoms with E-state index < -0.39 is 0 Å². The molecule has 0 aromatic carbocycles. The van der Waals surface area contributed by atoms with Crippen LogP contribution in [0.4, 0.5) is 17.3 Å². The number of anilines is 3. The van der Waals surface area contributed by atoms with Crippen molar-refractivity contribution >= 4 is 29.1 Å². The van der Waals surface area contributed by atoms with Gasteiger partial charge in [0.05, 0.1) is 6.26 Å². The van der Waals surface area contributed by atoms with Crippen molar-refractivity contribution in [2.24, 2.45) is 0 Å². The first-order valence-corrected chi connectivity index (χ1v) is 8.13. The van der Waals surface area contributed by atoms with Crippen molar-refractivity contribution in [1.82, 2.24) is 14.9 Å². The number of piperazine rings is 1. The second kappa shape index (κ2) is 6.08. The Bertz CT molecular complexity index is 798. The van der Waals surface area contributed by atoms with E-state index in [4.69, 9.17) is 4.42 Å². The van der Waals surface area contributed by atoms with E-state index >= 15 is 0 Å². The third-order valence-corrected chi connectivity index (χ3v) is 4.42. The Kier molecular flexibility index (Phi) is 3.75.